The van der Waals surface area contributed by atoms with E-state index in [1.807, 2.05) is 18.2 Å². The molecule has 2 heterocycles. The molecule has 1 aromatic carbocycles. The Morgan fingerprint density at radius 1 is 1.22 bits per heavy atom. The molecule has 4 nitrogen and oxygen atoms in total. The van der Waals surface area contributed by atoms with E-state index in [2.05, 4.69) is 59.8 Å². The lowest BCUT2D eigenvalue weighted by Crippen LogP contribution is -2.43. The van der Waals surface area contributed by atoms with Crippen LogP contribution in [0.4, 0.5) is 5.82 Å². The third-order valence-corrected chi connectivity index (χ3v) is 5.47. The number of anilines is 1. The van der Waals surface area contributed by atoms with E-state index in [9.17, 15) is 4.79 Å². The quantitative estimate of drug-likeness (QED) is 0.730. The Labute approximate surface area is 163 Å². The summed E-state index contributed by atoms with van der Waals surface area (Å²) >= 11 is 0. The highest BCUT2D eigenvalue weighted by Crippen LogP contribution is 2.24. The van der Waals surface area contributed by atoms with E-state index in [1.54, 1.807) is 6.20 Å². The van der Waals surface area contributed by atoms with Crippen LogP contribution in [0.1, 0.15) is 62.4 Å². The molecule has 144 valence electrons. The van der Waals surface area contributed by atoms with E-state index in [0.717, 1.165) is 43.7 Å². The summed E-state index contributed by atoms with van der Waals surface area (Å²) in [6, 6.07) is 14.9. The van der Waals surface area contributed by atoms with Gasteiger partial charge in [-0.05, 0) is 57.2 Å². The van der Waals surface area contributed by atoms with Gasteiger partial charge in [0.1, 0.15) is 5.82 Å². The molecule has 0 aliphatic carbocycles. The predicted molar refractivity (Wildman–Crippen MR) is 111 cm³/mol. The van der Waals surface area contributed by atoms with E-state index in [0.29, 0.717) is 12.1 Å². The molecule has 1 amide bonds. The number of hydrogen-bond donors (Lipinski definition) is 0. The van der Waals surface area contributed by atoms with Crippen LogP contribution in [0, 0.1) is 0 Å². The van der Waals surface area contributed by atoms with E-state index in [4.69, 9.17) is 0 Å². The van der Waals surface area contributed by atoms with Gasteiger partial charge in [0.25, 0.3) is 5.91 Å². The molecule has 1 fully saturated rings. The maximum absolute atomic E-state index is 13.2. The molecule has 1 aromatic heterocycles. The zero-order chi connectivity index (χ0) is 19.2. The monoisotopic (exact) mass is 365 g/mol. The summed E-state index contributed by atoms with van der Waals surface area (Å²) in [5.74, 6) is 1.01. The lowest BCUT2D eigenvalue weighted by Gasteiger charge is -2.35. The first kappa shape index (κ1) is 19.4. The van der Waals surface area contributed by atoms with E-state index in [1.165, 1.54) is 12.0 Å². The molecule has 0 bridgehead atoms. The molecule has 1 aliphatic rings. The number of carbonyl (C=O) groups excluding carboxylic acids is 1. The van der Waals surface area contributed by atoms with Crippen molar-refractivity contribution in [1.82, 2.24) is 9.88 Å². The Morgan fingerprint density at radius 3 is 2.70 bits per heavy atom. The molecule has 1 aliphatic heterocycles. The maximum atomic E-state index is 13.2. The molecular formula is C23H31N3O. The van der Waals surface area contributed by atoms with Gasteiger partial charge in [0.15, 0.2) is 0 Å². The SMILES string of the molecule is CCC1CCCCN1C(=O)c1ccnc(N(Cc2ccccc2)C(C)C)c1. The summed E-state index contributed by atoms with van der Waals surface area (Å²) in [6.45, 7) is 8.15. The van der Waals surface area contributed by atoms with E-state index >= 15 is 0 Å². The Kier molecular flexibility index (Phi) is 6.49. The van der Waals surface area contributed by atoms with Crippen LogP contribution in [0.25, 0.3) is 0 Å². The smallest absolute Gasteiger partial charge is 0.254 e. The van der Waals surface area contributed by atoms with Crippen molar-refractivity contribution < 1.29 is 4.79 Å². The minimum atomic E-state index is 0.147. The fraction of sp³-hybridized carbons (Fsp3) is 0.478. The van der Waals surface area contributed by atoms with Gasteiger partial charge in [-0.1, -0.05) is 37.3 Å². The molecule has 1 saturated heterocycles. The van der Waals surface area contributed by atoms with Gasteiger partial charge < -0.3 is 9.80 Å². The van der Waals surface area contributed by atoms with Crippen LogP contribution in [0.15, 0.2) is 48.7 Å². The van der Waals surface area contributed by atoms with Gasteiger partial charge in [-0.15, -0.1) is 0 Å². The minimum absolute atomic E-state index is 0.147. The number of pyridine rings is 1. The lowest BCUT2D eigenvalue weighted by atomic mass is 9.99. The van der Waals surface area contributed by atoms with E-state index in [-0.39, 0.29) is 5.91 Å². The Bertz CT molecular complexity index is 744. The Balaban J connectivity index is 1.83. The fourth-order valence-electron chi connectivity index (χ4n) is 3.87. The molecule has 2 aromatic rings. The number of rotatable bonds is 6. The van der Waals surface area contributed by atoms with Crippen molar-refractivity contribution in [2.75, 3.05) is 11.4 Å². The maximum Gasteiger partial charge on any atom is 0.254 e. The van der Waals surface area contributed by atoms with Crippen molar-refractivity contribution in [2.24, 2.45) is 0 Å². The molecular weight excluding hydrogens is 334 g/mol. The third kappa shape index (κ3) is 4.68. The van der Waals surface area contributed by atoms with Crippen LogP contribution in [-0.4, -0.2) is 34.4 Å². The van der Waals surface area contributed by atoms with Crippen LogP contribution < -0.4 is 4.90 Å². The van der Waals surface area contributed by atoms with Crippen molar-refractivity contribution in [1.29, 1.82) is 0 Å². The summed E-state index contributed by atoms with van der Waals surface area (Å²) in [6.07, 6.45) is 6.24. The number of piperidine rings is 1. The number of carbonyl (C=O) groups is 1. The number of likely N-dealkylation sites (tertiary alicyclic amines) is 1. The summed E-state index contributed by atoms with van der Waals surface area (Å²) in [7, 11) is 0. The summed E-state index contributed by atoms with van der Waals surface area (Å²) in [4.78, 5) is 22.0. The Morgan fingerprint density at radius 2 is 2.00 bits per heavy atom. The summed E-state index contributed by atoms with van der Waals surface area (Å²) in [5, 5.41) is 0. The first-order valence-electron chi connectivity index (χ1n) is 10.2. The third-order valence-electron chi connectivity index (χ3n) is 5.47. The highest BCUT2D eigenvalue weighted by atomic mass is 16.2. The first-order chi connectivity index (χ1) is 13.1. The number of aromatic nitrogens is 1. The molecule has 0 radical (unpaired) electrons. The number of benzene rings is 1. The standard InChI is InChI=1S/C23H31N3O/c1-4-21-12-8-9-15-25(21)23(27)20-13-14-24-22(16-20)26(18(2)3)17-19-10-6-5-7-11-19/h5-7,10-11,13-14,16,18,21H,4,8-9,12,15,17H2,1-3H3. The molecule has 1 atom stereocenters. The minimum Gasteiger partial charge on any atom is -0.350 e. The normalized spacial score (nSPS) is 17.2. The van der Waals surface area contributed by atoms with Gasteiger partial charge in [-0.25, -0.2) is 4.98 Å². The van der Waals surface area contributed by atoms with Crippen LogP contribution in [-0.2, 0) is 6.54 Å². The second-order valence-electron chi connectivity index (χ2n) is 7.67. The highest BCUT2D eigenvalue weighted by molar-refractivity contribution is 5.95. The summed E-state index contributed by atoms with van der Waals surface area (Å²) < 4.78 is 0. The van der Waals surface area contributed by atoms with Gasteiger partial charge >= 0.3 is 0 Å². The molecule has 27 heavy (non-hydrogen) atoms. The van der Waals surface area contributed by atoms with Crippen molar-refractivity contribution in [2.45, 2.75) is 65.1 Å². The fourth-order valence-corrected chi connectivity index (χ4v) is 3.87. The molecule has 3 rings (SSSR count). The number of hydrogen-bond acceptors (Lipinski definition) is 3. The van der Waals surface area contributed by atoms with Crippen molar-refractivity contribution in [3.63, 3.8) is 0 Å². The molecule has 1 unspecified atom stereocenters. The van der Waals surface area contributed by atoms with Gasteiger partial charge in [-0.3, -0.25) is 4.79 Å². The topological polar surface area (TPSA) is 36.4 Å². The van der Waals surface area contributed by atoms with Crippen LogP contribution in [0.3, 0.4) is 0 Å². The van der Waals surface area contributed by atoms with Crippen LogP contribution >= 0.6 is 0 Å². The molecule has 4 heteroatoms. The van der Waals surface area contributed by atoms with Crippen molar-refractivity contribution >= 4 is 11.7 Å². The molecule has 0 saturated carbocycles. The predicted octanol–water partition coefficient (Wildman–Crippen LogP) is 4.90. The second kappa shape index (κ2) is 9.03. The van der Waals surface area contributed by atoms with Crippen LogP contribution in [0.2, 0.25) is 0 Å². The van der Waals surface area contributed by atoms with Crippen molar-refractivity contribution in [3.8, 4) is 0 Å². The molecule has 0 spiro atoms. The molecule has 0 N–H and O–H groups in total. The van der Waals surface area contributed by atoms with Crippen molar-refractivity contribution in [3.05, 3.63) is 59.8 Å². The van der Waals surface area contributed by atoms with Gasteiger partial charge in [-0.2, -0.15) is 0 Å². The highest BCUT2D eigenvalue weighted by Gasteiger charge is 2.26. The lowest BCUT2D eigenvalue weighted by molar-refractivity contribution is 0.0608. The summed E-state index contributed by atoms with van der Waals surface area (Å²) in [5.41, 5.74) is 1.99. The van der Waals surface area contributed by atoms with Gasteiger partial charge in [0, 0.05) is 36.9 Å². The average Bonchev–Trinajstić information content (AvgIpc) is 2.72. The average molecular weight is 366 g/mol. The number of nitrogens with zero attached hydrogens (tertiary/aromatic N) is 3. The van der Waals surface area contributed by atoms with E-state index < -0.39 is 0 Å². The Hall–Kier alpha value is -2.36. The largest absolute Gasteiger partial charge is 0.350 e. The first-order valence-corrected chi connectivity index (χ1v) is 10.2. The van der Waals surface area contributed by atoms with Gasteiger partial charge in [0.2, 0.25) is 0 Å². The zero-order valence-electron chi connectivity index (χ0n) is 16.8. The second-order valence-corrected chi connectivity index (χ2v) is 7.67. The van der Waals surface area contributed by atoms with Crippen LogP contribution in [0.5, 0.6) is 0 Å². The van der Waals surface area contributed by atoms with Gasteiger partial charge in [0.05, 0.1) is 0 Å². The zero-order valence-corrected chi connectivity index (χ0v) is 16.8. The number of amides is 1.